The second-order valence-electron chi connectivity index (χ2n) is 6.82. The fourth-order valence-corrected chi connectivity index (χ4v) is 5.37. The van der Waals surface area contributed by atoms with Gasteiger partial charge in [-0.15, -0.1) is 0 Å². The van der Waals surface area contributed by atoms with Gasteiger partial charge in [0.2, 0.25) is 0 Å². The highest BCUT2D eigenvalue weighted by Gasteiger charge is 2.67. The summed E-state index contributed by atoms with van der Waals surface area (Å²) in [4.78, 5) is 36.2. The zero-order chi connectivity index (χ0) is 16.6. The summed E-state index contributed by atoms with van der Waals surface area (Å²) in [6, 6.07) is 2.95. The van der Waals surface area contributed by atoms with Crippen molar-refractivity contribution in [1.82, 2.24) is 5.01 Å². The Labute approximate surface area is 140 Å². The van der Waals surface area contributed by atoms with Gasteiger partial charge in [-0.05, 0) is 36.2 Å². The Balaban J connectivity index is 1.42. The van der Waals surface area contributed by atoms with Gasteiger partial charge in [0.05, 0.1) is 27.9 Å². The molecule has 1 aromatic rings. The highest BCUT2D eigenvalue weighted by Crippen LogP contribution is 2.65. The van der Waals surface area contributed by atoms with E-state index in [9.17, 15) is 19.7 Å². The van der Waals surface area contributed by atoms with Crippen LogP contribution in [0, 0.1) is 45.6 Å². The Hall–Kier alpha value is -2.35. The molecule has 3 fully saturated rings. The van der Waals surface area contributed by atoms with Gasteiger partial charge in [0.15, 0.2) is 0 Å². The second-order valence-corrected chi connectivity index (χ2v) is 7.91. The van der Waals surface area contributed by atoms with E-state index in [0.717, 1.165) is 22.8 Å². The van der Waals surface area contributed by atoms with E-state index in [1.807, 2.05) is 0 Å². The highest BCUT2D eigenvalue weighted by molar-refractivity contribution is 7.16. The van der Waals surface area contributed by atoms with Gasteiger partial charge >= 0.3 is 5.00 Å². The Morgan fingerprint density at radius 2 is 1.79 bits per heavy atom. The average Bonchev–Trinajstić information content (AvgIpc) is 3.20. The van der Waals surface area contributed by atoms with Crippen molar-refractivity contribution < 1.29 is 14.5 Å². The number of carbonyl (C=O) groups excluding carboxylic acids is 2. The highest BCUT2D eigenvalue weighted by atomic mass is 32.1. The van der Waals surface area contributed by atoms with Gasteiger partial charge < -0.3 is 0 Å². The van der Waals surface area contributed by atoms with E-state index in [-0.39, 0.29) is 40.5 Å². The molecule has 7 nitrogen and oxygen atoms in total. The summed E-state index contributed by atoms with van der Waals surface area (Å²) in [6.07, 6.45) is 6.71. The minimum absolute atomic E-state index is 0.00604. The van der Waals surface area contributed by atoms with Crippen LogP contribution in [0.4, 0.5) is 5.00 Å². The third kappa shape index (κ3) is 1.74. The summed E-state index contributed by atoms with van der Waals surface area (Å²) in [7, 11) is 0. The third-order valence-electron chi connectivity index (χ3n) is 5.73. The first-order valence-corrected chi connectivity index (χ1v) is 8.72. The van der Waals surface area contributed by atoms with Crippen molar-refractivity contribution >= 4 is 34.4 Å². The summed E-state index contributed by atoms with van der Waals surface area (Å²) >= 11 is 0.963. The molecule has 2 bridgehead atoms. The maximum Gasteiger partial charge on any atom is 0.324 e. The van der Waals surface area contributed by atoms with Crippen LogP contribution in [-0.4, -0.2) is 28.0 Å². The molecule has 1 aliphatic heterocycles. The largest absolute Gasteiger partial charge is 0.324 e. The van der Waals surface area contributed by atoms with Crippen LogP contribution in [-0.2, 0) is 9.59 Å². The first-order chi connectivity index (χ1) is 11.6. The summed E-state index contributed by atoms with van der Waals surface area (Å²) in [6.45, 7) is 0. The molecule has 0 unspecified atom stereocenters. The van der Waals surface area contributed by atoms with Crippen LogP contribution >= 0.6 is 11.3 Å². The number of rotatable bonds is 3. The quantitative estimate of drug-likeness (QED) is 0.276. The van der Waals surface area contributed by atoms with Crippen molar-refractivity contribution in [3.05, 3.63) is 39.3 Å². The monoisotopic (exact) mass is 343 g/mol. The number of allylic oxidation sites excluding steroid dienone is 2. The van der Waals surface area contributed by atoms with Crippen LogP contribution in [0.3, 0.4) is 0 Å². The standard InChI is InChI=1S/C16H13N3O4S/c20-15-13-8-2-3-9(11-5-10(8)11)14(13)16(21)18(15)17-6-7-1-4-12(24-7)19(22)23/h1-4,6,8-11,13-14H,5H2/b17-6-/t8-,9-,10-,11-,13-,14+/m1/s1. The number of carbonyl (C=O) groups is 2. The normalized spacial score (nSPS) is 38.8. The number of thiophene rings is 1. The van der Waals surface area contributed by atoms with Crippen molar-refractivity contribution in [3.8, 4) is 0 Å². The second kappa shape index (κ2) is 4.60. The van der Waals surface area contributed by atoms with E-state index in [1.165, 1.54) is 12.3 Å². The van der Waals surface area contributed by atoms with Crippen LogP contribution < -0.4 is 0 Å². The molecule has 0 spiro atoms. The van der Waals surface area contributed by atoms with Crippen LogP contribution in [0.1, 0.15) is 11.3 Å². The molecular weight excluding hydrogens is 330 g/mol. The van der Waals surface area contributed by atoms with E-state index in [4.69, 9.17) is 0 Å². The van der Waals surface area contributed by atoms with Gasteiger partial charge in [0, 0.05) is 6.07 Å². The molecular formula is C16H13N3O4S. The van der Waals surface area contributed by atoms with Gasteiger partial charge in [0.25, 0.3) is 11.8 Å². The molecule has 0 radical (unpaired) electrons. The maximum atomic E-state index is 12.7. The topological polar surface area (TPSA) is 92.9 Å². The van der Waals surface area contributed by atoms with Crippen LogP contribution in [0.5, 0.6) is 0 Å². The van der Waals surface area contributed by atoms with Crippen LogP contribution in [0.25, 0.3) is 0 Å². The van der Waals surface area contributed by atoms with E-state index < -0.39 is 4.92 Å². The van der Waals surface area contributed by atoms with E-state index in [0.29, 0.717) is 16.7 Å². The molecule has 122 valence electrons. The molecule has 24 heavy (non-hydrogen) atoms. The van der Waals surface area contributed by atoms with Crippen molar-refractivity contribution in [1.29, 1.82) is 0 Å². The fraction of sp³-hybridized carbons (Fsp3) is 0.438. The summed E-state index contributed by atoms with van der Waals surface area (Å²) in [5, 5.41) is 15.8. The molecule has 1 saturated heterocycles. The predicted molar refractivity (Wildman–Crippen MR) is 85.1 cm³/mol. The third-order valence-corrected chi connectivity index (χ3v) is 6.70. The molecule has 2 saturated carbocycles. The first kappa shape index (κ1) is 14.0. The average molecular weight is 343 g/mol. The number of amides is 2. The van der Waals surface area contributed by atoms with E-state index in [2.05, 4.69) is 17.3 Å². The Kier molecular flexibility index (Phi) is 2.69. The zero-order valence-corrected chi connectivity index (χ0v) is 13.3. The van der Waals surface area contributed by atoms with Crippen molar-refractivity contribution in [2.24, 2.45) is 40.6 Å². The molecule has 5 aliphatic rings. The summed E-state index contributed by atoms with van der Waals surface area (Å²) in [5.41, 5.74) is 0. The summed E-state index contributed by atoms with van der Waals surface area (Å²) in [5.74, 6) is 0.462. The number of imide groups is 1. The SMILES string of the molecule is O=C1[C@@H]2[C@@H]3C=C[C@H]([C@H]4C[C@H]34)[C@@H]2C(=O)N1/N=C\c1ccc([N+](=O)[O-])s1. The number of nitrogens with zero attached hydrogens (tertiary/aromatic N) is 3. The minimum atomic E-state index is -0.474. The fourth-order valence-electron chi connectivity index (χ4n) is 4.68. The molecule has 0 N–H and O–H groups in total. The van der Waals surface area contributed by atoms with Crippen LogP contribution in [0.15, 0.2) is 29.4 Å². The van der Waals surface area contributed by atoms with Crippen LogP contribution in [0.2, 0.25) is 0 Å². The van der Waals surface area contributed by atoms with Gasteiger partial charge in [-0.3, -0.25) is 19.7 Å². The molecule has 1 aromatic heterocycles. The lowest BCUT2D eigenvalue weighted by molar-refractivity contribution is -0.380. The molecule has 2 amide bonds. The predicted octanol–water partition coefficient (Wildman–Crippen LogP) is 2.04. The van der Waals surface area contributed by atoms with E-state index in [1.54, 1.807) is 6.07 Å². The first-order valence-electron chi connectivity index (χ1n) is 7.90. The molecule has 4 aliphatic carbocycles. The molecule has 2 heterocycles. The van der Waals surface area contributed by atoms with Gasteiger partial charge in [0.1, 0.15) is 0 Å². The lowest BCUT2D eigenvalue weighted by Gasteiger charge is -2.37. The van der Waals surface area contributed by atoms with Crippen molar-refractivity contribution in [3.63, 3.8) is 0 Å². The summed E-state index contributed by atoms with van der Waals surface area (Å²) < 4.78 is 0. The van der Waals surface area contributed by atoms with Gasteiger partial charge in [-0.25, -0.2) is 0 Å². The number of hydrazone groups is 1. The van der Waals surface area contributed by atoms with Gasteiger partial charge in [-0.2, -0.15) is 10.1 Å². The number of nitro groups is 1. The van der Waals surface area contributed by atoms with Crippen molar-refractivity contribution in [2.45, 2.75) is 6.42 Å². The molecule has 8 heteroatoms. The smallest absolute Gasteiger partial charge is 0.272 e. The van der Waals surface area contributed by atoms with Crippen molar-refractivity contribution in [2.75, 3.05) is 0 Å². The van der Waals surface area contributed by atoms with Gasteiger partial charge in [-0.1, -0.05) is 23.5 Å². The molecule has 6 atom stereocenters. The zero-order valence-electron chi connectivity index (χ0n) is 12.4. The Morgan fingerprint density at radius 1 is 1.17 bits per heavy atom. The van der Waals surface area contributed by atoms with E-state index >= 15 is 0 Å². The number of hydrogen-bond acceptors (Lipinski definition) is 6. The minimum Gasteiger partial charge on any atom is -0.272 e. The lowest BCUT2D eigenvalue weighted by Crippen LogP contribution is -2.40. The lowest BCUT2D eigenvalue weighted by atomic mass is 9.63. The Bertz CT molecular complexity index is 808. The Morgan fingerprint density at radius 3 is 2.33 bits per heavy atom. The number of hydrogen-bond donors (Lipinski definition) is 0. The maximum absolute atomic E-state index is 12.7. The molecule has 0 aromatic carbocycles. The molecule has 6 rings (SSSR count).